The third kappa shape index (κ3) is 2.88. The summed E-state index contributed by atoms with van der Waals surface area (Å²) < 4.78 is 17.8. The zero-order valence-electron chi connectivity index (χ0n) is 9.09. The van der Waals surface area contributed by atoms with Crippen LogP contribution in [0.25, 0.3) is 0 Å². The van der Waals surface area contributed by atoms with Gasteiger partial charge in [-0.3, -0.25) is 9.78 Å². The second kappa shape index (κ2) is 5.19. The zero-order valence-corrected chi connectivity index (χ0v) is 9.91. The summed E-state index contributed by atoms with van der Waals surface area (Å²) in [5.41, 5.74) is 0. The van der Waals surface area contributed by atoms with E-state index in [0.29, 0.717) is 17.1 Å². The SMILES string of the molecule is O=c1[nH]c(O)c(C(O)COc2ccc(F)cc2)s1. The van der Waals surface area contributed by atoms with Crippen LogP contribution in [0.5, 0.6) is 11.6 Å². The van der Waals surface area contributed by atoms with Crippen molar-refractivity contribution < 1.29 is 19.3 Å². The predicted octanol–water partition coefficient (Wildman–Crippen LogP) is 1.39. The molecule has 3 N–H and O–H groups in total. The first kappa shape index (κ1) is 12.6. The fourth-order valence-corrected chi connectivity index (χ4v) is 2.04. The van der Waals surface area contributed by atoms with Gasteiger partial charge in [0.15, 0.2) is 0 Å². The van der Waals surface area contributed by atoms with Crippen molar-refractivity contribution in [1.29, 1.82) is 0 Å². The Kier molecular flexibility index (Phi) is 3.63. The van der Waals surface area contributed by atoms with Crippen LogP contribution in [0.15, 0.2) is 29.1 Å². The summed E-state index contributed by atoms with van der Waals surface area (Å²) in [5.74, 6) is -0.359. The Balaban J connectivity index is 2.00. The Morgan fingerprint density at radius 2 is 2.06 bits per heavy atom. The molecule has 0 amide bonds. The van der Waals surface area contributed by atoms with Crippen molar-refractivity contribution in [3.05, 3.63) is 44.6 Å². The van der Waals surface area contributed by atoms with Gasteiger partial charge in [-0.25, -0.2) is 4.39 Å². The van der Waals surface area contributed by atoms with E-state index >= 15 is 0 Å². The van der Waals surface area contributed by atoms with Crippen molar-refractivity contribution in [2.45, 2.75) is 6.10 Å². The first-order valence-corrected chi connectivity index (χ1v) is 5.86. The Morgan fingerprint density at radius 1 is 1.39 bits per heavy atom. The average Bonchev–Trinajstić information content (AvgIpc) is 2.67. The van der Waals surface area contributed by atoms with Crippen LogP contribution in [0.3, 0.4) is 0 Å². The molecular formula is C11H10FNO4S. The van der Waals surface area contributed by atoms with Crippen molar-refractivity contribution >= 4 is 11.3 Å². The van der Waals surface area contributed by atoms with E-state index in [1.54, 1.807) is 0 Å². The van der Waals surface area contributed by atoms with E-state index < -0.39 is 11.0 Å². The zero-order chi connectivity index (χ0) is 13.1. The number of aliphatic hydroxyl groups is 1. The van der Waals surface area contributed by atoms with Gasteiger partial charge in [-0.05, 0) is 24.3 Å². The number of H-pyrrole nitrogens is 1. The number of hydrogen-bond donors (Lipinski definition) is 3. The number of aromatic nitrogens is 1. The number of benzene rings is 1. The van der Waals surface area contributed by atoms with E-state index in [1.165, 1.54) is 24.3 Å². The minimum atomic E-state index is -1.13. The Bertz CT molecular complexity index is 577. The van der Waals surface area contributed by atoms with Gasteiger partial charge in [-0.1, -0.05) is 11.3 Å². The minimum absolute atomic E-state index is 0.113. The second-order valence-corrected chi connectivity index (χ2v) is 4.52. The summed E-state index contributed by atoms with van der Waals surface area (Å²) >= 11 is 0.709. The van der Waals surface area contributed by atoms with Gasteiger partial charge >= 0.3 is 4.87 Å². The van der Waals surface area contributed by atoms with Gasteiger partial charge in [0.2, 0.25) is 5.88 Å². The molecule has 0 aliphatic heterocycles. The maximum Gasteiger partial charge on any atom is 0.307 e. The molecule has 18 heavy (non-hydrogen) atoms. The molecule has 0 bridgehead atoms. The molecule has 96 valence electrons. The summed E-state index contributed by atoms with van der Waals surface area (Å²) in [5, 5.41) is 19.0. The van der Waals surface area contributed by atoms with Gasteiger partial charge in [-0.15, -0.1) is 0 Å². The van der Waals surface area contributed by atoms with Crippen molar-refractivity contribution in [3.8, 4) is 11.6 Å². The molecular weight excluding hydrogens is 261 g/mol. The molecule has 0 fully saturated rings. The summed E-state index contributed by atoms with van der Waals surface area (Å²) in [6, 6.07) is 5.30. The van der Waals surface area contributed by atoms with Crippen molar-refractivity contribution in [3.63, 3.8) is 0 Å². The number of aromatic amines is 1. The highest BCUT2D eigenvalue weighted by molar-refractivity contribution is 7.09. The van der Waals surface area contributed by atoms with Gasteiger partial charge in [0.1, 0.15) is 29.2 Å². The molecule has 0 saturated carbocycles. The fourth-order valence-electron chi connectivity index (χ4n) is 1.34. The van der Waals surface area contributed by atoms with Crippen LogP contribution in [0.4, 0.5) is 4.39 Å². The molecule has 1 atom stereocenters. The van der Waals surface area contributed by atoms with Crippen LogP contribution in [-0.4, -0.2) is 21.8 Å². The predicted molar refractivity (Wildman–Crippen MR) is 63.5 cm³/mol. The largest absolute Gasteiger partial charge is 0.494 e. The highest BCUT2D eigenvalue weighted by Crippen LogP contribution is 2.25. The number of thiazole rings is 1. The molecule has 7 heteroatoms. The highest BCUT2D eigenvalue weighted by Gasteiger charge is 2.17. The van der Waals surface area contributed by atoms with E-state index in [9.17, 15) is 19.4 Å². The van der Waals surface area contributed by atoms with Crippen molar-refractivity contribution in [2.75, 3.05) is 6.61 Å². The number of ether oxygens (including phenoxy) is 1. The topological polar surface area (TPSA) is 82.6 Å². The first-order valence-electron chi connectivity index (χ1n) is 5.04. The first-order chi connectivity index (χ1) is 8.56. The molecule has 2 rings (SSSR count). The summed E-state index contributed by atoms with van der Waals surface area (Å²) in [6.07, 6.45) is -1.13. The molecule has 1 heterocycles. The number of halogens is 1. The molecule has 0 aliphatic carbocycles. The lowest BCUT2D eigenvalue weighted by Gasteiger charge is -2.10. The summed E-state index contributed by atoms with van der Waals surface area (Å²) in [6.45, 7) is -0.146. The molecule has 0 aliphatic rings. The Hall–Kier alpha value is -1.86. The van der Waals surface area contributed by atoms with E-state index in [4.69, 9.17) is 4.74 Å². The molecule has 5 nitrogen and oxygen atoms in total. The van der Waals surface area contributed by atoms with Crippen molar-refractivity contribution in [1.82, 2.24) is 4.98 Å². The number of rotatable bonds is 4. The maximum absolute atomic E-state index is 12.6. The second-order valence-electron chi connectivity index (χ2n) is 3.51. The van der Waals surface area contributed by atoms with E-state index in [1.807, 2.05) is 0 Å². The average molecular weight is 271 g/mol. The molecule has 1 unspecified atom stereocenters. The van der Waals surface area contributed by atoms with Crippen LogP contribution < -0.4 is 9.61 Å². The Morgan fingerprint density at radius 3 is 2.61 bits per heavy atom. The highest BCUT2D eigenvalue weighted by atomic mass is 32.1. The number of aliphatic hydroxyl groups excluding tert-OH is 1. The van der Waals surface area contributed by atoms with Gasteiger partial charge in [0.25, 0.3) is 0 Å². The Labute approximate surface area is 105 Å². The van der Waals surface area contributed by atoms with E-state index in [0.717, 1.165) is 0 Å². The standard InChI is InChI=1S/C11H10FNO4S/c12-6-1-3-7(4-2-6)17-5-8(14)9-10(15)13-11(16)18-9/h1-4,8,14-15H,5H2,(H,13,16). The third-order valence-corrected chi connectivity index (χ3v) is 3.15. The van der Waals surface area contributed by atoms with Crippen LogP contribution in [0.1, 0.15) is 11.0 Å². The lowest BCUT2D eigenvalue weighted by Crippen LogP contribution is -2.08. The maximum atomic E-state index is 12.6. The van der Waals surface area contributed by atoms with Gasteiger partial charge in [0, 0.05) is 0 Å². The van der Waals surface area contributed by atoms with E-state index in [2.05, 4.69) is 4.98 Å². The summed E-state index contributed by atoms with van der Waals surface area (Å²) in [7, 11) is 0. The number of aromatic hydroxyl groups is 1. The molecule has 2 aromatic rings. The monoisotopic (exact) mass is 271 g/mol. The lowest BCUT2D eigenvalue weighted by atomic mass is 10.3. The molecule has 1 aromatic heterocycles. The smallest absolute Gasteiger partial charge is 0.307 e. The quantitative estimate of drug-likeness (QED) is 0.785. The molecule has 0 saturated heterocycles. The fraction of sp³-hybridized carbons (Fsp3) is 0.182. The minimum Gasteiger partial charge on any atom is -0.494 e. The van der Waals surface area contributed by atoms with E-state index in [-0.39, 0.29) is 23.2 Å². The normalized spacial score (nSPS) is 12.3. The lowest BCUT2D eigenvalue weighted by molar-refractivity contribution is 0.108. The van der Waals surface area contributed by atoms with Crippen molar-refractivity contribution in [2.24, 2.45) is 0 Å². The van der Waals surface area contributed by atoms with Gasteiger partial charge < -0.3 is 14.9 Å². The van der Waals surface area contributed by atoms with Crippen LogP contribution >= 0.6 is 11.3 Å². The van der Waals surface area contributed by atoms with Gasteiger partial charge in [0.05, 0.1) is 0 Å². The molecule has 1 aromatic carbocycles. The number of nitrogens with one attached hydrogen (secondary N) is 1. The van der Waals surface area contributed by atoms with Crippen LogP contribution in [0, 0.1) is 5.82 Å². The molecule has 0 spiro atoms. The summed E-state index contributed by atoms with van der Waals surface area (Å²) in [4.78, 5) is 12.7. The van der Waals surface area contributed by atoms with Gasteiger partial charge in [-0.2, -0.15) is 0 Å². The molecule has 0 radical (unpaired) electrons. The third-order valence-electron chi connectivity index (χ3n) is 2.18. The van der Waals surface area contributed by atoms with Crippen LogP contribution in [-0.2, 0) is 0 Å². The van der Waals surface area contributed by atoms with Crippen LogP contribution in [0.2, 0.25) is 0 Å². The number of hydrogen-bond acceptors (Lipinski definition) is 5.